The molecule has 8 nitrogen and oxygen atoms in total. The Kier molecular flexibility index (Phi) is 6.82. The van der Waals surface area contributed by atoms with Gasteiger partial charge in [-0.3, -0.25) is 19.9 Å². The lowest BCUT2D eigenvalue weighted by Gasteiger charge is -2.26. The van der Waals surface area contributed by atoms with Crippen molar-refractivity contribution in [3.8, 4) is 0 Å². The summed E-state index contributed by atoms with van der Waals surface area (Å²) in [7, 11) is 3.93. The van der Waals surface area contributed by atoms with Crippen molar-refractivity contribution >= 4 is 23.0 Å². The van der Waals surface area contributed by atoms with Crippen molar-refractivity contribution < 1.29 is 9.72 Å². The summed E-state index contributed by atoms with van der Waals surface area (Å²) in [6.45, 7) is 1.25. The SMILES string of the molecule is CN(C)CCCN(c1ccccc1C(=O)c1cccnc1)c1ncccc1[N+](=O)[O-]. The van der Waals surface area contributed by atoms with Crippen molar-refractivity contribution in [2.75, 3.05) is 32.1 Å². The van der Waals surface area contributed by atoms with Gasteiger partial charge >= 0.3 is 5.69 Å². The largest absolute Gasteiger partial charge is 0.320 e. The first kappa shape index (κ1) is 21.1. The van der Waals surface area contributed by atoms with Crippen LogP contribution >= 0.6 is 0 Å². The van der Waals surface area contributed by atoms with Crippen molar-refractivity contribution in [1.82, 2.24) is 14.9 Å². The molecule has 3 rings (SSSR count). The quantitative estimate of drug-likeness (QED) is 0.304. The Morgan fingerprint density at radius 1 is 1.03 bits per heavy atom. The fourth-order valence-electron chi connectivity index (χ4n) is 3.18. The van der Waals surface area contributed by atoms with Crippen LogP contribution in [0.5, 0.6) is 0 Å². The number of para-hydroxylation sites is 1. The number of nitrogens with zero attached hydrogens (tertiary/aromatic N) is 5. The van der Waals surface area contributed by atoms with Crippen molar-refractivity contribution in [3.63, 3.8) is 0 Å². The Morgan fingerprint density at radius 3 is 2.50 bits per heavy atom. The predicted molar refractivity (Wildman–Crippen MR) is 115 cm³/mol. The fourth-order valence-corrected chi connectivity index (χ4v) is 3.18. The second-order valence-electron chi connectivity index (χ2n) is 7.00. The molecular weight excluding hydrogens is 382 g/mol. The third-order valence-electron chi connectivity index (χ3n) is 4.57. The average molecular weight is 405 g/mol. The molecule has 1 aromatic carbocycles. The predicted octanol–water partition coefficient (Wildman–Crippen LogP) is 3.71. The molecule has 0 spiro atoms. The number of benzene rings is 1. The third kappa shape index (κ3) is 4.84. The molecule has 0 unspecified atom stereocenters. The van der Waals surface area contributed by atoms with Gasteiger partial charge in [-0.25, -0.2) is 4.98 Å². The average Bonchev–Trinajstić information content (AvgIpc) is 2.77. The van der Waals surface area contributed by atoms with E-state index in [1.165, 1.54) is 24.5 Å². The van der Waals surface area contributed by atoms with Crippen LogP contribution in [-0.2, 0) is 0 Å². The molecule has 0 saturated heterocycles. The van der Waals surface area contributed by atoms with Crippen LogP contribution < -0.4 is 4.90 Å². The number of rotatable bonds is 9. The summed E-state index contributed by atoms with van der Waals surface area (Å²) in [6, 6.07) is 13.5. The summed E-state index contributed by atoms with van der Waals surface area (Å²) in [5, 5.41) is 11.6. The van der Waals surface area contributed by atoms with Gasteiger partial charge in [-0.2, -0.15) is 0 Å². The zero-order chi connectivity index (χ0) is 21.5. The topological polar surface area (TPSA) is 92.5 Å². The molecule has 3 aromatic rings. The number of hydrogen-bond donors (Lipinski definition) is 0. The van der Waals surface area contributed by atoms with Crippen LogP contribution in [0.1, 0.15) is 22.3 Å². The number of ketones is 1. The molecule has 154 valence electrons. The summed E-state index contributed by atoms with van der Waals surface area (Å²) < 4.78 is 0. The van der Waals surface area contributed by atoms with Gasteiger partial charge < -0.3 is 9.80 Å². The third-order valence-corrected chi connectivity index (χ3v) is 4.57. The van der Waals surface area contributed by atoms with E-state index in [0.717, 1.165) is 13.0 Å². The Labute approximate surface area is 175 Å². The lowest BCUT2D eigenvalue weighted by molar-refractivity contribution is -0.384. The zero-order valence-electron chi connectivity index (χ0n) is 16.9. The highest BCUT2D eigenvalue weighted by Gasteiger charge is 2.25. The minimum Gasteiger partial charge on any atom is -0.320 e. The van der Waals surface area contributed by atoms with E-state index in [4.69, 9.17) is 0 Å². The number of nitro groups is 1. The molecule has 0 fully saturated rings. The van der Waals surface area contributed by atoms with Crippen molar-refractivity contribution in [2.24, 2.45) is 0 Å². The summed E-state index contributed by atoms with van der Waals surface area (Å²) in [4.78, 5) is 36.5. The van der Waals surface area contributed by atoms with Crippen LogP contribution in [0.2, 0.25) is 0 Å². The van der Waals surface area contributed by atoms with Crippen LogP contribution in [0.4, 0.5) is 17.2 Å². The van der Waals surface area contributed by atoms with E-state index in [0.29, 0.717) is 23.4 Å². The van der Waals surface area contributed by atoms with Crippen LogP contribution in [0.3, 0.4) is 0 Å². The van der Waals surface area contributed by atoms with Crippen molar-refractivity contribution in [2.45, 2.75) is 6.42 Å². The minimum atomic E-state index is -0.452. The molecular formula is C22H23N5O3. The first-order valence-corrected chi connectivity index (χ1v) is 9.54. The number of carbonyl (C=O) groups is 1. The van der Waals surface area contributed by atoms with E-state index in [1.54, 1.807) is 41.4 Å². The maximum Gasteiger partial charge on any atom is 0.311 e. The number of aromatic nitrogens is 2. The molecule has 0 saturated carbocycles. The molecule has 2 heterocycles. The molecule has 0 amide bonds. The van der Waals surface area contributed by atoms with E-state index in [-0.39, 0.29) is 17.3 Å². The summed E-state index contributed by atoms with van der Waals surface area (Å²) in [5.41, 5.74) is 1.36. The lowest BCUT2D eigenvalue weighted by atomic mass is 10.0. The summed E-state index contributed by atoms with van der Waals surface area (Å²) in [6.07, 6.45) is 5.37. The van der Waals surface area contributed by atoms with E-state index < -0.39 is 4.92 Å². The molecule has 0 aliphatic rings. The maximum atomic E-state index is 13.2. The highest BCUT2D eigenvalue weighted by atomic mass is 16.6. The smallest absolute Gasteiger partial charge is 0.311 e. The summed E-state index contributed by atoms with van der Waals surface area (Å²) in [5.74, 6) is 0.0163. The van der Waals surface area contributed by atoms with E-state index in [9.17, 15) is 14.9 Å². The first-order chi connectivity index (χ1) is 14.5. The molecule has 0 aliphatic carbocycles. The van der Waals surface area contributed by atoms with Crippen LogP contribution in [0.25, 0.3) is 0 Å². The number of hydrogen-bond acceptors (Lipinski definition) is 7. The number of carbonyl (C=O) groups excluding carboxylic acids is 1. The molecule has 8 heteroatoms. The van der Waals surface area contributed by atoms with Gasteiger partial charge in [0, 0.05) is 42.3 Å². The van der Waals surface area contributed by atoms with Crippen LogP contribution in [0.15, 0.2) is 67.1 Å². The standard InChI is InChI=1S/C22H23N5O3/c1-25(2)14-7-15-26(22-20(27(29)30)11-6-13-24-22)19-10-4-3-9-18(19)21(28)17-8-5-12-23-16-17/h3-6,8-13,16H,7,14-15H2,1-2H3. The molecule has 0 N–H and O–H groups in total. The minimum absolute atomic E-state index is 0.106. The maximum absolute atomic E-state index is 13.2. The second kappa shape index (κ2) is 9.71. The van der Waals surface area contributed by atoms with E-state index in [1.807, 2.05) is 25.1 Å². The van der Waals surface area contributed by atoms with E-state index >= 15 is 0 Å². The normalized spacial score (nSPS) is 10.8. The molecule has 0 bridgehead atoms. The van der Waals surface area contributed by atoms with Gasteiger partial charge in [-0.15, -0.1) is 0 Å². The molecule has 0 aliphatic heterocycles. The fraction of sp³-hybridized carbons (Fsp3) is 0.227. The van der Waals surface area contributed by atoms with Crippen molar-refractivity contribution in [1.29, 1.82) is 0 Å². The monoisotopic (exact) mass is 405 g/mol. The molecule has 30 heavy (non-hydrogen) atoms. The highest BCUT2D eigenvalue weighted by Crippen LogP contribution is 2.34. The second-order valence-corrected chi connectivity index (χ2v) is 7.00. The van der Waals surface area contributed by atoms with Gasteiger partial charge in [0.25, 0.3) is 0 Å². The van der Waals surface area contributed by atoms with Gasteiger partial charge in [-0.05, 0) is 57.4 Å². The first-order valence-electron chi connectivity index (χ1n) is 9.54. The van der Waals surface area contributed by atoms with Gasteiger partial charge in [0.15, 0.2) is 5.78 Å². The molecule has 2 aromatic heterocycles. The lowest BCUT2D eigenvalue weighted by Crippen LogP contribution is -2.26. The summed E-state index contributed by atoms with van der Waals surface area (Å²) >= 11 is 0. The van der Waals surface area contributed by atoms with Gasteiger partial charge in [0.2, 0.25) is 5.82 Å². The Hall–Kier alpha value is -3.65. The molecule has 0 atom stereocenters. The highest BCUT2D eigenvalue weighted by molar-refractivity contribution is 6.12. The van der Waals surface area contributed by atoms with Gasteiger partial charge in [0.05, 0.1) is 10.6 Å². The Bertz CT molecular complexity index is 1020. The Morgan fingerprint density at radius 2 is 1.80 bits per heavy atom. The van der Waals surface area contributed by atoms with Crippen LogP contribution in [0, 0.1) is 10.1 Å². The van der Waals surface area contributed by atoms with Crippen molar-refractivity contribution in [3.05, 3.63) is 88.4 Å². The molecule has 0 radical (unpaired) electrons. The van der Waals surface area contributed by atoms with Crippen LogP contribution in [-0.4, -0.2) is 52.8 Å². The van der Waals surface area contributed by atoms with Gasteiger partial charge in [0.1, 0.15) is 0 Å². The number of pyridine rings is 2. The van der Waals surface area contributed by atoms with E-state index in [2.05, 4.69) is 9.97 Å². The number of anilines is 2. The van der Waals surface area contributed by atoms with Gasteiger partial charge in [-0.1, -0.05) is 12.1 Å². The Balaban J connectivity index is 2.09. The zero-order valence-corrected chi connectivity index (χ0v) is 16.9.